The summed E-state index contributed by atoms with van der Waals surface area (Å²) >= 11 is 0. The zero-order chi connectivity index (χ0) is 14.1. The highest BCUT2D eigenvalue weighted by Gasteiger charge is 2.36. The van der Waals surface area contributed by atoms with E-state index >= 15 is 0 Å². The molecule has 0 saturated heterocycles. The third-order valence-electron chi connectivity index (χ3n) is 2.30. The molecule has 98 valence electrons. The molecule has 0 aliphatic carbocycles. The first-order chi connectivity index (χ1) is 8.18. The van der Waals surface area contributed by atoms with Gasteiger partial charge in [-0.25, -0.2) is 4.79 Å². The van der Waals surface area contributed by atoms with Crippen LogP contribution < -0.4 is 0 Å². The van der Waals surface area contributed by atoms with Gasteiger partial charge in [-0.05, 0) is 13.0 Å². The molecule has 0 fully saturated rings. The third-order valence-corrected chi connectivity index (χ3v) is 2.30. The van der Waals surface area contributed by atoms with Crippen LogP contribution in [-0.2, 0) is 10.9 Å². The minimum Gasteiger partial charge on any atom is -0.465 e. The number of carbonyl (C=O) groups excluding carboxylic acids is 1. The Morgan fingerprint density at radius 3 is 2.33 bits per heavy atom. The fourth-order valence-electron chi connectivity index (χ4n) is 1.42. The van der Waals surface area contributed by atoms with E-state index in [1.54, 1.807) is 0 Å². The molecule has 0 amide bonds. The van der Waals surface area contributed by atoms with Gasteiger partial charge in [0.25, 0.3) is 5.69 Å². The van der Waals surface area contributed by atoms with Crippen LogP contribution in [-0.4, -0.2) is 18.0 Å². The Balaban J connectivity index is 3.57. The number of methoxy groups -OCH3 is 1. The number of esters is 1. The molecule has 18 heavy (non-hydrogen) atoms. The van der Waals surface area contributed by atoms with E-state index < -0.39 is 39.4 Å². The number of hydrogen-bond donors (Lipinski definition) is 0. The molecule has 0 saturated carbocycles. The first-order valence-electron chi connectivity index (χ1n) is 4.63. The van der Waals surface area contributed by atoms with Crippen LogP contribution >= 0.6 is 0 Å². The summed E-state index contributed by atoms with van der Waals surface area (Å²) in [5, 5.41) is 10.7. The number of halogens is 3. The molecule has 5 nitrogen and oxygen atoms in total. The van der Waals surface area contributed by atoms with Crippen molar-refractivity contribution in [3.63, 3.8) is 0 Å². The number of alkyl halides is 3. The molecular weight excluding hydrogens is 255 g/mol. The van der Waals surface area contributed by atoms with Crippen LogP contribution in [0, 0.1) is 17.0 Å². The second-order valence-corrected chi connectivity index (χ2v) is 3.41. The smallest absolute Gasteiger partial charge is 0.416 e. The maximum Gasteiger partial charge on any atom is 0.416 e. The molecule has 0 aliphatic heterocycles. The number of nitro benzene ring substituents is 1. The molecular formula is C10H8F3NO4. The summed E-state index contributed by atoms with van der Waals surface area (Å²) < 4.78 is 42.2. The highest BCUT2D eigenvalue weighted by atomic mass is 19.4. The normalized spacial score (nSPS) is 11.2. The topological polar surface area (TPSA) is 69.4 Å². The molecule has 1 rings (SSSR count). The molecule has 0 radical (unpaired) electrons. The Bertz CT molecular complexity index is 511. The number of hydrogen-bond acceptors (Lipinski definition) is 4. The zero-order valence-electron chi connectivity index (χ0n) is 9.37. The predicted octanol–water partition coefficient (Wildman–Crippen LogP) is 2.71. The molecule has 0 bridgehead atoms. The number of benzene rings is 1. The van der Waals surface area contributed by atoms with Crippen LogP contribution in [0.5, 0.6) is 0 Å². The molecule has 1 aromatic carbocycles. The SMILES string of the molecule is COC(=O)c1cc([N+](=O)[O-])c(C)c(C(F)(F)F)c1. The van der Waals surface area contributed by atoms with Crippen molar-refractivity contribution in [2.75, 3.05) is 7.11 Å². The first-order valence-corrected chi connectivity index (χ1v) is 4.63. The molecule has 1 aromatic rings. The van der Waals surface area contributed by atoms with Gasteiger partial charge in [0.05, 0.1) is 23.2 Å². The van der Waals surface area contributed by atoms with Gasteiger partial charge in [-0.2, -0.15) is 13.2 Å². The fourth-order valence-corrected chi connectivity index (χ4v) is 1.42. The summed E-state index contributed by atoms with van der Waals surface area (Å²) in [6.07, 6.45) is -4.78. The number of ether oxygens (including phenoxy) is 1. The number of carbonyl (C=O) groups is 1. The van der Waals surface area contributed by atoms with E-state index in [-0.39, 0.29) is 0 Å². The molecule has 0 aromatic heterocycles. The Morgan fingerprint density at radius 2 is 1.94 bits per heavy atom. The Labute approximate surface area is 99.3 Å². The third kappa shape index (κ3) is 2.58. The van der Waals surface area contributed by atoms with Gasteiger partial charge in [0.15, 0.2) is 0 Å². The summed E-state index contributed by atoms with van der Waals surface area (Å²) in [4.78, 5) is 20.8. The summed E-state index contributed by atoms with van der Waals surface area (Å²) in [6, 6.07) is 1.30. The highest BCUT2D eigenvalue weighted by Crippen LogP contribution is 2.36. The van der Waals surface area contributed by atoms with Gasteiger partial charge in [-0.1, -0.05) is 0 Å². The van der Waals surface area contributed by atoms with Gasteiger partial charge in [-0.3, -0.25) is 10.1 Å². The van der Waals surface area contributed by atoms with Crippen LogP contribution in [0.2, 0.25) is 0 Å². The quantitative estimate of drug-likeness (QED) is 0.467. The average Bonchev–Trinajstić information content (AvgIpc) is 2.26. The van der Waals surface area contributed by atoms with Gasteiger partial charge in [0, 0.05) is 11.6 Å². The van der Waals surface area contributed by atoms with E-state index in [2.05, 4.69) is 4.74 Å². The molecule has 0 N–H and O–H groups in total. The lowest BCUT2D eigenvalue weighted by atomic mass is 10.0. The maximum absolute atomic E-state index is 12.7. The van der Waals surface area contributed by atoms with Crippen molar-refractivity contribution in [2.45, 2.75) is 13.1 Å². The minimum atomic E-state index is -4.78. The van der Waals surface area contributed by atoms with Crippen molar-refractivity contribution >= 4 is 11.7 Å². The summed E-state index contributed by atoms with van der Waals surface area (Å²) in [6.45, 7) is 0.974. The van der Waals surface area contributed by atoms with Gasteiger partial charge in [0.1, 0.15) is 0 Å². The van der Waals surface area contributed by atoms with Crippen LogP contribution in [0.15, 0.2) is 12.1 Å². The van der Waals surface area contributed by atoms with E-state index in [1.165, 1.54) is 0 Å². The maximum atomic E-state index is 12.7. The number of nitro groups is 1. The van der Waals surface area contributed by atoms with Crippen LogP contribution in [0.25, 0.3) is 0 Å². The largest absolute Gasteiger partial charge is 0.465 e. The zero-order valence-corrected chi connectivity index (χ0v) is 9.37. The number of rotatable bonds is 2. The summed E-state index contributed by atoms with van der Waals surface area (Å²) in [5.41, 5.74) is -3.05. The van der Waals surface area contributed by atoms with Crippen molar-refractivity contribution in [1.82, 2.24) is 0 Å². The average molecular weight is 263 g/mol. The fraction of sp³-hybridized carbons (Fsp3) is 0.300. The van der Waals surface area contributed by atoms with Gasteiger partial charge < -0.3 is 4.74 Å². The summed E-state index contributed by atoms with van der Waals surface area (Å²) in [5.74, 6) is -1.07. The number of nitrogens with zero attached hydrogens (tertiary/aromatic N) is 1. The molecule has 0 unspecified atom stereocenters. The van der Waals surface area contributed by atoms with Gasteiger partial charge in [-0.15, -0.1) is 0 Å². The van der Waals surface area contributed by atoms with E-state index in [4.69, 9.17) is 0 Å². The van der Waals surface area contributed by atoms with Crippen molar-refractivity contribution in [2.24, 2.45) is 0 Å². The van der Waals surface area contributed by atoms with Crippen LogP contribution in [0.4, 0.5) is 18.9 Å². The molecule has 0 heterocycles. The second-order valence-electron chi connectivity index (χ2n) is 3.41. The van der Waals surface area contributed by atoms with E-state index in [0.29, 0.717) is 6.07 Å². The van der Waals surface area contributed by atoms with E-state index in [9.17, 15) is 28.1 Å². The highest BCUT2D eigenvalue weighted by molar-refractivity contribution is 5.90. The predicted molar refractivity (Wildman–Crippen MR) is 54.2 cm³/mol. The van der Waals surface area contributed by atoms with Crippen molar-refractivity contribution in [1.29, 1.82) is 0 Å². The summed E-state index contributed by atoms with van der Waals surface area (Å²) in [7, 11) is 0.973. The Morgan fingerprint density at radius 1 is 1.39 bits per heavy atom. The van der Waals surface area contributed by atoms with Crippen molar-refractivity contribution in [3.8, 4) is 0 Å². The standard InChI is InChI=1S/C10H8F3NO4/c1-5-7(10(11,12)13)3-6(9(15)18-2)4-8(5)14(16)17/h3-4H,1-2H3. The van der Waals surface area contributed by atoms with Crippen molar-refractivity contribution in [3.05, 3.63) is 38.9 Å². The Hall–Kier alpha value is -2.12. The van der Waals surface area contributed by atoms with Crippen LogP contribution in [0.3, 0.4) is 0 Å². The molecule has 0 atom stereocenters. The van der Waals surface area contributed by atoms with E-state index in [0.717, 1.165) is 20.1 Å². The first kappa shape index (κ1) is 13.9. The minimum absolute atomic E-state index is 0.512. The monoisotopic (exact) mass is 263 g/mol. The second kappa shape index (κ2) is 4.63. The lowest BCUT2D eigenvalue weighted by Crippen LogP contribution is -2.12. The lowest BCUT2D eigenvalue weighted by molar-refractivity contribution is -0.385. The van der Waals surface area contributed by atoms with Crippen LogP contribution in [0.1, 0.15) is 21.5 Å². The lowest BCUT2D eigenvalue weighted by Gasteiger charge is -2.11. The van der Waals surface area contributed by atoms with E-state index in [1.807, 2.05) is 0 Å². The molecule has 0 spiro atoms. The van der Waals surface area contributed by atoms with Crippen molar-refractivity contribution < 1.29 is 27.6 Å². The molecule has 8 heteroatoms. The van der Waals surface area contributed by atoms with Gasteiger partial charge in [0.2, 0.25) is 0 Å². The molecule has 0 aliphatic rings. The van der Waals surface area contributed by atoms with Gasteiger partial charge >= 0.3 is 12.1 Å². The Kier molecular flexibility index (Phi) is 3.59.